The highest BCUT2D eigenvalue weighted by Crippen LogP contribution is 2.35. The first-order valence-corrected chi connectivity index (χ1v) is 8.78. The Hall–Kier alpha value is -2.99. The molecule has 0 radical (unpaired) electrons. The molecule has 0 bridgehead atoms. The quantitative estimate of drug-likeness (QED) is 0.520. The number of benzene rings is 1. The lowest BCUT2D eigenvalue weighted by Gasteiger charge is -2.13. The normalized spacial score (nSPS) is 12.6. The van der Waals surface area contributed by atoms with E-state index in [4.69, 9.17) is 5.73 Å². The summed E-state index contributed by atoms with van der Waals surface area (Å²) < 4.78 is 0. The van der Waals surface area contributed by atoms with Gasteiger partial charge in [0.1, 0.15) is 5.82 Å². The Kier molecular flexibility index (Phi) is 4.05. The Morgan fingerprint density at radius 3 is 2.69 bits per heavy atom. The number of aromatic nitrogens is 4. The van der Waals surface area contributed by atoms with E-state index in [0.29, 0.717) is 0 Å². The molecule has 1 atom stereocenters. The Bertz CT molecular complexity index is 1100. The second kappa shape index (κ2) is 6.38. The predicted octanol–water partition coefficient (Wildman–Crippen LogP) is 3.93. The van der Waals surface area contributed by atoms with Gasteiger partial charge in [0, 0.05) is 47.4 Å². The van der Waals surface area contributed by atoms with Gasteiger partial charge in [0.25, 0.3) is 0 Å². The Balaban J connectivity index is 1.95. The fourth-order valence-corrected chi connectivity index (χ4v) is 3.34. The molecule has 0 fully saturated rings. The molecule has 4 N–H and O–H groups in total. The van der Waals surface area contributed by atoms with Gasteiger partial charge in [0.2, 0.25) is 0 Å². The highest BCUT2D eigenvalue weighted by atomic mass is 14.9. The van der Waals surface area contributed by atoms with Crippen LogP contribution in [0.3, 0.4) is 0 Å². The van der Waals surface area contributed by atoms with Crippen LogP contribution in [0.15, 0.2) is 36.9 Å². The van der Waals surface area contributed by atoms with Gasteiger partial charge >= 0.3 is 0 Å². The van der Waals surface area contributed by atoms with Gasteiger partial charge in [0.05, 0.1) is 23.1 Å². The number of fused-ring (bicyclic) bond motifs is 3. The van der Waals surface area contributed by atoms with Crippen LogP contribution < -0.4 is 11.1 Å². The fourth-order valence-electron chi connectivity index (χ4n) is 3.34. The molecule has 132 valence electrons. The van der Waals surface area contributed by atoms with Gasteiger partial charge in [-0.3, -0.25) is 4.98 Å². The first-order chi connectivity index (χ1) is 12.6. The minimum absolute atomic E-state index is 0.0334. The van der Waals surface area contributed by atoms with Gasteiger partial charge in [-0.2, -0.15) is 0 Å². The molecule has 0 aliphatic rings. The monoisotopic (exact) mass is 346 g/mol. The molecular weight excluding hydrogens is 324 g/mol. The number of nitrogens with one attached hydrogen (secondary N) is 2. The summed E-state index contributed by atoms with van der Waals surface area (Å²) in [6, 6.07) is 6.21. The number of aromatic amines is 1. The molecule has 6 heteroatoms. The molecule has 4 aromatic rings. The van der Waals surface area contributed by atoms with Crippen LogP contribution in [0.25, 0.3) is 32.9 Å². The molecule has 0 spiro atoms. The Labute approximate surface area is 151 Å². The van der Waals surface area contributed by atoms with Crippen molar-refractivity contribution in [3.05, 3.63) is 48.2 Å². The number of rotatable bonds is 4. The summed E-state index contributed by atoms with van der Waals surface area (Å²) in [5.41, 5.74) is 12.3. The zero-order valence-corrected chi connectivity index (χ0v) is 15.2. The van der Waals surface area contributed by atoms with E-state index in [1.165, 1.54) is 0 Å². The van der Waals surface area contributed by atoms with Crippen molar-refractivity contribution in [1.29, 1.82) is 0 Å². The molecule has 3 heterocycles. The predicted molar refractivity (Wildman–Crippen MR) is 106 cm³/mol. The minimum Gasteiger partial charge on any atom is -0.373 e. The van der Waals surface area contributed by atoms with Gasteiger partial charge < -0.3 is 16.0 Å². The molecule has 0 aliphatic carbocycles. The van der Waals surface area contributed by atoms with E-state index in [2.05, 4.69) is 51.2 Å². The van der Waals surface area contributed by atoms with Crippen LogP contribution >= 0.6 is 0 Å². The molecule has 6 nitrogen and oxygen atoms in total. The lowest BCUT2D eigenvalue weighted by Crippen LogP contribution is -2.11. The molecular formula is C20H22N6. The Morgan fingerprint density at radius 2 is 1.96 bits per heavy atom. The second-order valence-corrected chi connectivity index (χ2v) is 6.53. The van der Waals surface area contributed by atoms with Crippen molar-refractivity contribution >= 4 is 27.6 Å². The largest absolute Gasteiger partial charge is 0.373 e. The molecule has 3 aromatic heterocycles. The molecule has 1 unspecified atom stereocenters. The lowest BCUT2D eigenvalue weighted by molar-refractivity contribution is 0.675. The average Bonchev–Trinajstić information content (AvgIpc) is 3.16. The van der Waals surface area contributed by atoms with Crippen LogP contribution in [0.2, 0.25) is 0 Å². The summed E-state index contributed by atoms with van der Waals surface area (Å²) in [4.78, 5) is 16.9. The number of nitrogens with zero attached hydrogens (tertiary/aromatic N) is 3. The number of nitrogens with two attached hydrogens (primary N) is 1. The lowest BCUT2D eigenvalue weighted by atomic mass is 9.97. The third kappa shape index (κ3) is 2.59. The third-order valence-corrected chi connectivity index (χ3v) is 4.90. The number of hydrogen-bond acceptors (Lipinski definition) is 5. The highest BCUT2D eigenvalue weighted by molar-refractivity contribution is 6.11. The first kappa shape index (κ1) is 16.5. The van der Waals surface area contributed by atoms with Crippen LogP contribution in [0.1, 0.15) is 30.6 Å². The van der Waals surface area contributed by atoms with E-state index in [-0.39, 0.29) is 6.04 Å². The van der Waals surface area contributed by atoms with Gasteiger partial charge in [0.15, 0.2) is 0 Å². The smallest absolute Gasteiger partial charge is 0.126 e. The van der Waals surface area contributed by atoms with Crippen LogP contribution in [0.5, 0.6) is 0 Å². The third-order valence-electron chi connectivity index (χ3n) is 4.90. The van der Waals surface area contributed by atoms with E-state index in [0.717, 1.165) is 56.4 Å². The van der Waals surface area contributed by atoms with Crippen LogP contribution in [-0.4, -0.2) is 27.0 Å². The molecule has 4 rings (SSSR count). The van der Waals surface area contributed by atoms with Crippen molar-refractivity contribution < 1.29 is 0 Å². The second-order valence-electron chi connectivity index (χ2n) is 6.53. The molecule has 0 aliphatic heterocycles. The van der Waals surface area contributed by atoms with Gasteiger partial charge in [-0.15, -0.1) is 0 Å². The van der Waals surface area contributed by atoms with Crippen molar-refractivity contribution in [2.45, 2.75) is 26.3 Å². The van der Waals surface area contributed by atoms with Crippen LogP contribution in [-0.2, 0) is 0 Å². The average molecular weight is 346 g/mol. The summed E-state index contributed by atoms with van der Waals surface area (Å²) in [6.07, 6.45) is 6.39. The summed E-state index contributed by atoms with van der Waals surface area (Å²) in [5.74, 6) is 0.830. The number of aryl methyl sites for hydroxylation is 1. The molecule has 26 heavy (non-hydrogen) atoms. The Morgan fingerprint density at radius 1 is 1.12 bits per heavy atom. The van der Waals surface area contributed by atoms with Crippen molar-refractivity contribution in [2.75, 3.05) is 12.4 Å². The molecule has 0 saturated carbocycles. The van der Waals surface area contributed by atoms with E-state index in [1.807, 2.05) is 25.5 Å². The van der Waals surface area contributed by atoms with Gasteiger partial charge in [-0.25, -0.2) is 9.97 Å². The maximum atomic E-state index is 6.13. The maximum Gasteiger partial charge on any atom is 0.126 e. The number of imidazole rings is 1. The molecule has 1 aromatic carbocycles. The molecule has 0 saturated heterocycles. The fraction of sp³-hybridized carbons (Fsp3) is 0.250. The number of anilines is 1. The number of hydrogen-bond donors (Lipinski definition) is 3. The SMILES string of the molecule is CCC(N)c1cc(C)c(-c2cc3cnc(NC)cc3c3[nH]cnc23)cn1. The zero-order valence-electron chi connectivity index (χ0n) is 15.2. The first-order valence-electron chi connectivity index (χ1n) is 8.78. The van der Waals surface area contributed by atoms with Gasteiger partial charge in [-0.05, 0) is 37.1 Å². The minimum atomic E-state index is -0.0334. The van der Waals surface area contributed by atoms with E-state index < -0.39 is 0 Å². The van der Waals surface area contributed by atoms with Crippen LogP contribution in [0.4, 0.5) is 5.82 Å². The zero-order chi connectivity index (χ0) is 18.3. The summed E-state index contributed by atoms with van der Waals surface area (Å²) >= 11 is 0. The van der Waals surface area contributed by atoms with E-state index in [9.17, 15) is 0 Å². The van der Waals surface area contributed by atoms with Crippen molar-refractivity contribution in [3.8, 4) is 11.1 Å². The standard InChI is InChI=1S/C20H22N6/c1-4-16(21)17-5-11(2)15(9-23-17)14-6-12-8-24-18(22-3)7-13(12)19-20(14)26-10-25-19/h5-10,16H,4,21H2,1-3H3,(H,22,24)(H,25,26). The summed E-state index contributed by atoms with van der Waals surface area (Å²) in [5, 5.41) is 5.24. The number of pyridine rings is 2. The summed E-state index contributed by atoms with van der Waals surface area (Å²) in [6.45, 7) is 4.16. The highest BCUT2D eigenvalue weighted by Gasteiger charge is 2.15. The van der Waals surface area contributed by atoms with Crippen molar-refractivity contribution in [3.63, 3.8) is 0 Å². The molecule has 0 amide bonds. The van der Waals surface area contributed by atoms with Crippen LogP contribution in [0, 0.1) is 6.92 Å². The van der Waals surface area contributed by atoms with Gasteiger partial charge in [-0.1, -0.05) is 6.92 Å². The maximum absolute atomic E-state index is 6.13. The van der Waals surface area contributed by atoms with E-state index in [1.54, 1.807) is 6.33 Å². The number of H-pyrrole nitrogens is 1. The van der Waals surface area contributed by atoms with Crippen molar-refractivity contribution in [2.24, 2.45) is 5.73 Å². The topological polar surface area (TPSA) is 92.5 Å². The van der Waals surface area contributed by atoms with E-state index >= 15 is 0 Å². The van der Waals surface area contributed by atoms with Crippen molar-refractivity contribution in [1.82, 2.24) is 19.9 Å². The summed E-state index contributed by atoms with van der Waals surface area (Å²) in [7, 11) is 1.87.